The van der Waals surface area contributed by atoms with Crippen LogP contribution in [0.25, 0.3) is 0 Å². The van der Waals surface area contributed by atoms with Gasteiger partial charge in [-0.3, -0.25) is 25.8 Å². The SMILES string of the molecule is Cc1ccc(OCC(=O)NNC(=S)NC(=O)c2ccco2)c(C)c1. The van der Waals surface area contributed by atoms with Gasteiger partial charge in [-0.25, -0.2) is 0 Å². The van der Waals surface area contributed by atoms with Crippen LogP contribution in [0.2, 0.25) is 0 Å². The molecule has 7 nitrogen and oxygen atoms in total. The van der Waals surface area contributed by atoms with Gasteiger partial charge in [-0.2, -0.15) is 0 Å². The zero-order valence-electron chi connectivity index (χ0n) is 13.2. The molecule has 0 spiro atoms. The van der Waals surface area contributed by atoms with E-state index in [4.69, 9.17) is 21.4 Å². The molecule has 0 radical (unpaired) electrons. The van der Waals surface area contributed by atoms with E-state index < -0.39 is 11.8 Å². The summed E-state index contributed by atoms with van der Waals surface area (Å²) < 4.78 is 10.4. The van der Waals surface area contributed by atoms with E-state index in [9.17, 15) is 9.59 Å². The lowest BCUT2D eigenvalue weighted by molar-refractivity contribution is -0.123. The first-order valence-electron chi connectivity index (χ1n) is 7.09. The van der Waals surface area contributed by atoms with Crippen molar-refractivity contribution in [3.8, 4) is 5.75 Å². The fourth-order valence-corrected chi connectivity index (χ4v) is 2.01. The van der Waals surface area contributed by atoms with E-state index in [1.54, 1.807) is 12.1 Å². The second kappa shape index (κ2) is 8.11. The molecule has 0 atom stereocenters. The van der Waals surface area contributed by atoms with Crippen LogP contribution in [0, 0.1) is 13.8 Å². The monoisotopic (exact) mass is 347 g/mol. The number of ether oxygens (including phenoxy) is 1. The van der Waals surface area contributed by atoms with Crippen LogP contribution in [0.1, 0.15) is 21.7 Å². The Balaban J connectivity index is 1.72. The number of aryl methyl sites for hydroxylation is 2. The predicted molar refractivity (Wildman–Crippen MR) is 91.5 cm³/mol. The number of rotatable bonds is 4. The summed E-state index contributed by atoms with van der Waals surface area (Å²) in [4.78, 5) is 23.4. The molecule has 2 rings (SSSR count). The maximum Gasteiger partial charge on any atom is 0.293 e. The minimum Gasteiger partial charge on any atom is -0.483 e. The topological polar surface area (TPSA) is 92.6 Å². The lowest BCUT2D eigenvalue weighted by Gasteiger charge is -2.12. The van der Waals surface area contributed by atoms with Crippen molar-refractivity contribution in [2.45, 2.75) is 13.8 Å². The van der Waals surface area contributed by atoms with Crippen LogP contribution in [0.3, 0.4) is 0 Å². The lowest BCUT2D eigenvalue weighted by Crippen LogP contribution is -2.49. The number of hydrazine groups is 1. The average molecular weight is 347 g/mol. The van der Waals surface area contributed by atoms with Gasteiger partial charge >= 0.3 is 0 Å². The Morgan fingerprint density at radius 2 is 2.00 bits per heavy atom. The van der Waals surface area contributed by atoms with E-state index in [0.717, 1.165) is 11.1 Å². The van der Waals surface area contributed by atoms with Crippen molar-refractivity contribution in [2.24, 2.45) is 0 Å². The standard InChI is InChI=1S/C16H17N3O4S/c1-10-5-6-12(11(2)8-10)23-9-14(20)18-19-16(24)17-15(21)13-4-3-7-22-13/h3-8H,9H2,1-2H3,(H,18,20)(H2,17,19,21,24). The summed E-state index contributed by atoms with van der Waals surface area (Å²) in [6.07, 6.45) is 1.37. The second-order valence-electron chi connectivity index (χ2n) is 4.99. The molecule has 8 heteroatoms. The molecule has 24 heavy (non-hydrogen) atoms. The minimum absolute atomic E-state index is 0.0590. The fraction of sp³-hybridized carbons (Fsp3) is 0.188. The van der Waals surface area contributed by atoms with Crippen molar-refractivity contribution in [1.82, 2.24) is 16.2 Å². The molecule has 3 N–H and O–H groups in total. The molecule has 0 aliphatic heterocycles. The van der Waals surface area contributed by atoms with Gasteiger partial charge in [-0.05, 0) is 49.8 Å². The highest BCUT2D eigenvalue weighted by atomic mass is 32.1. The summed E-state index contributed by atoms with van der Waals surface area (Å²) in [6, 6.07) is 8.74. The molecular formula is C16H17N3O4S. The number of thiocarbonyl (C=S) groups is 1. The second-order valence-corrected chi connectivity index (χ2v) is 5.40. The van der Waals surface area contributed by atoms with E-state index in [0.29, 0.717) is 5.75 Å². The van der Waals surface area contributed by atoms with Gasteiger partial charge in [0, 0.05) is 0 Å². The summed E-state index contributed by atoms with van der Waals surface area (Å²) in [5, 5.41) is 2.30. The molecule has 2 aromatic rings. The lowest BCUT2D eigenvalue weighted by atomic mass is 10.1. The van der Waals surface area contributed by atoms with Crippen LogP contribution in [0.5, 0.6) is 5.75 Å². The normalized spacial score (nSPS) is 9.92. The number of benzene rings is 1. The van der Waals surface area contributed by atoms with Crippen molar-refractivity contribution in [2.75, 3.05) is 6.61 Å². The van der Waals surface area contributed by atoms with Crippen molar-refractivity contribution < 1.29 is 18.7 Å². The number of furan rings is 1. The van der Waals surface area contributed by atoms with E-state index in [-0.39, 0.29) is 17.5 Å². The van der Waals surface area contributed by atoms with Crippen LogP contribution < -0.4 is 20.9 Å². The molecule has 0 bridgehead atoms. The third kappa shape index (κ3) is 5.10. The first kappa shape index (κ1) is 17.5. The molecule has 1 aromatic carbocycles. The number of hydrogen-bond acceptors (Lipinski definition) is 5. The summed E-state index contributed by atoms with van der Waals surface area (Å²) in [6.45, 7) is 3.69. The molecule has 0 unspecified atom stereocenters. The first-order chi connectivity index (χ1) is 11.5. The molecule has 0 aliphatic rings. The van der Waals surface area contributed by atoms with Gasteiger partial charge in [0.2, 0.25) is 0 Å². The van der Waals surface area contributed by atoms with Crippen LogP contribution >= 0.6 is 12.2 Å². The van der Waals surface area contributed by atoms with Crippen molar-refractivity contribution in [1.29, 1.82) is 0 Å². The van der Waals surface area contributed by atoms with Gasteiger partial charge in [-0.1, -0.05) is 17.7 Å². The number of carbonyl (C=O) groups excluding carboxylic acids is 2. The van der Waals surface area contributed by atoms with Gasteiger partial charge in [0.05, 0.1) is 6.26 Å². The van der Waals surface area contributed by atoms with Crippen LogP contribution in [-0.4, -0.2) is 23.5 Å². The minimum atomic E-state index is -0.515. The van der Waals surface area contributed by atoms with Crippen LogP contribution in [0.15, 0.2) is 41.0 Å². The molecule has 126 valence electrons. The third-order valence-corrected chi connectivity index (χ3v) is 3.18. The Hall–Kier alpha value is -2.87. The molecule has 0 saturated heterocycles. The molecule has 1 heterocycles. The molecule has 1 aromatic heterocycles. The summed E-state index contributed by atoms with van der Waals surface area (Å²) in [7, 11) is 0. The zero-order valence-corrected chi connectivity index (χ0v) is 14.0. The Morgan fingerprint density at radius 1 is 1.21 bits per heavy atom. The Labute approximate surface area is 144 Å². The third-order valence-electron chi connectivity index (χ3n) is 2.98. The summed E-state index contributed by atoms with van der Waals surface area (Å²) in [5.41, 5.74) is 6.80. The van der Waals surface area contributed by atoms with Crippen LogP contribution in [-0.2, 0) is 4.79 Å². The Bertz CT molecular complexity index is 744. The first-order valence-corrected chi connectivity index (χ1v) is 7.50. The number of amides is 2. The van der Waals surface area contributed by atoms with Crippen molar-refractivity contribution in [3.63, 3.8) is 0 Å². The Kier molecular flexibility index (Phi) is 5.91. The van der Waals surface area contributed by atoms with Crippen molar-refractivity contribution in [3.05, 3.63) is 53.5 Å². The van der Waals surface area contributed by atoms with Gasteiger partial charge < -0.3 is 9.15 Å². The highest BCUT2D eigenvalue weighted by molar-refractivity contribution is 7.80. The van der Waals surface area contributed by atoms with E-state index >= 15 is 0 Å². The van der Waals surface area contributed by atoms with Gasteiger partial charge in [0.1, 0.15) is 5.75 Å². The quantitative estimate of drug-likeness (QED) is 0.575. The van der Waals surface area contributed by atoms with E-state index in [2.05, 4.69) is 16.2 Å². The highest BCUT2D eigenvalue weighted by Crippen LogP contribution is 2.18. The average Bonchev–Trinajstić information content (AvgIpc) is 3.06. The summed E-state index contributed by atoms with van der Waals surface area (Å²) >= 11 is 4.90. The van der Waals surface area contributed by atoms with Gasteiger partial charge in [-0.15, -0.1) is 0 Å². The number of carbonyl (C=O) groups is 2. The van der Waals surface area contributed by atoms with Crippen LogP contribution in [0.4, 0.5) is 0 Å². The molecule has 2 amide bonds. The molecule has 0 aliphatic carbocycles. The van der Waals surface area contributed by atoms with Gasteiger partial charge in [0.25, 0.3) is 11.8 Å². The smallest absolute Gasteiger partial charge is 0.293 e. The van der Waals surface area contributed by atoms with E-state index in [1.165, 1.54) is 12.3 Å². The molecule has 0 fully saturated rings. The Morgan fingerprint density at radius 3 is 2.67 bits per heavy atom. The predicted octanol–water partition coefficient (Wildman–Crippen LogP) is 1.61. The number of hydrogen-bond donors (Lipinski definition) is 3. The summed E-state index contributed by atoms with van der Waals surface area (Å²) in [5.74, 6) is -0.212. The largest absolute Gasteiger partial charge is 0.483 e. The molecule has 0 saturated carbocycles. The maximum absolute atomic E-state index is 11.7. The van der Waals surface area contributed by atoms with Gasteiger partial charge in [0.15, 0.2) is 17.5 Å². The zero-order chi connectivity index (χ0) is 17.5. The maximum atomic E-state index is 11.7. The number of nitrogens with one attached hydrogen (secondary N) is 3. The fourth-order valence-electron chi connectivity index (χ4n) is 1.87. The molecular weight excluding hydrogens is 330 g/mol. The van der Waals surface area contributed by atoms with Crippen molar-refractivity contribution >= 4 is 29.1 Å². The highest BCUT2D eigenvalue weighted by Gasteiger charge is 2.11. The van der Waals surface area contributed by atoms with E-state index in [1.807, 2.05) is 26.0 Å².